The number of fused-ring (bicyclic) bond motifs is 11. The van der Waals surface area contributed by atoms with Crippen molar-refractivity contribution in [3.8, 4) is 0 Å². The van der Waals surface area contributed by atoms with Crippen LogP contribution < -0.4 is 0 Å². The molecule has 0 amide bonds. The quantitative estimate of drug-likeness (QED) is 0.320. The second-order valence-corrected chi connectivity index (χ2v) is 13.7. The predicted molar refractivity (Wildman–Crippen MR) is 120 cm³/mol. The van der Waals surface area contributed by atoms with E-state index >= 15 is 0 Å². The Labute approximate surface area is 197 Å². The minimum absolute atomic E-state index is 0.442. The molecule has 4 bridgehead atoms. The molecule has 6 aliphatic carbocycles. The molecule has 0 N–H and O–H groups in total. The first kappa shape index (κ1) is 23.5. The van der Waals surface area contributed by atoms with E-state index in [0.717, 1.165) is 11.8 Å². The summed E-state index contributed by atoms with van der Waals surface area (Å²) in [6.07, 6.45) is 18.4. The summed E-state index contributed by atoms with van der Waals surface area (Å²) >= 11 is -0.556. The van der Waals surface area contributed by atoms with Crippen LogP contribution in [0, 0.1) is 95.7 Å². The molecule has 0 nitrogen and oxygen atoms in total. The van der Waals surface area contributed by atoms with E-state index in [4.69, 9.17) is 18.6 Å². The van der Waals surface area contributed by atoms with Crippen LogP contribution in [0.5, 0.6) is 0 Å². The van der Waals surface area contributed by atoms with Crippen molar-refractivity contribution < 1.29 is 17.0 Å². The number of hydrogen-bond donors (Lipinski definition) is 0. The van der Waals surface area contributed by atoms with Crippen LogP contribution in [0.2, 0.25) is 0 Å². The van der Waals surface area contributed by atoms with Crippen LogP contribution in [-0.2, 0) is 17.0 Å². The zero-order valence-corrected chi connectivity index (χ0v) is 21.8. The second kappa shape index (κ2) is 7.96. The maximum absolute atomic E-state index is 4.89. The minimum atomic E-state index is -0.556. The van der Waals surface area contributed by atoms with Crippen molar-refractivity contribution >= 4 is 18.6 Å². The summed E-state index contributed by atoms with van der Waals surface area (Å²) in [7, 11) is 9.78. The molecule has 0 aromatic rings. The van der Waals surface area contributed by atoms with Crippen molar-refractivity contribution in [2.75, 3.05) is 0 Å². The normalized spacial score (nSPS) is 44.1. The van der Waals surface area contributed by atoms with Gasteiger partial charge in [0.25, 0.3) is 0 Å². The molecule has 29 heavy (non-hydrogen) atoms. The van der Waals surface area contributed by atoms with Crippen LogP contribution in [0.1, 0.15) is 67.2 Å². The standard InChI is InChI=1S/C21H29.C5H5.2ClH.Ti/c1-18(2)13-7-10-21(18,6)17-12(13)11-15-16(17)14-8-9-20(15,5)19(14,3)4;1-2-4-5-3-1;;;/h11,13-14H,7-10H2,1-6H3;1-5H;2*1H;/q;;;;+2/p-2. The van der Waals surface area contributed by atoms with Gasteiger partial charge in [-0.2, -0.15) is 0 Å². The molecule has 10 radical (unpaired) electrons. The van der Waals surface area contributed by atoms with E-state index in [-0.39, 0.29) is 0 Å². The fraction of sp³-hybridized carbons (Fsp3) is 0.615. The van der Waals surface area contributed by atoms with Crippen molar-refractivity contribution in [2.45, 2.75) is 67.2 Å². The first-order valence-corrected chi connectivity index (χ1v) is 15.3. The third-order valence-corrected chi connectivity index (χ3v) is 10.0. The molecule has 0 aromatic carbocycles. The predicted octanol–water partition coefficient (Wildman–Crippen LogP) is 7.81. The van der Waals surface area contributed by atoms with Crippen LogP contribution in [0.4, 0.5) is 0 Å². The maximum atomic E-state index is 4.89. The van der Waals surface area contributed by atoms with E-state index in [1.54, 1.807) is 11.8 Å². The summed E-state index contributed by atoms with van der Waals surface area (Å²) in [6, 6.07) is 0. The van der Waals surface area contributed by atoms with Crippen molar-refractivity contribution in [1.29, 1.82) is 0 Å². The van der Waals surface area contributed by atoms with Gasteiger partial charge in [-0.05, 0) is 121 Å². The molecule has 4 atom stereocenters. The zero-order valence-electron chi connectivity index (χ0n) is 18.7. The van der Waals surface area contributed by atoms with E-state index in [1.165, 1.54) is 25.7 Å². The van der Waals surface area contributed by atoms with E-state index in [2.05, 4.69) is 48.0 Å². The fourth-order valence-electron chi connectivity index (χ4n) is 7.60. The summed E-state index contributed by atoms with van der Waals surface area (Å²) in [5, 5.41) is 0. The average molecular weight is 465 g/mol. The number of halogens is 2. The van der Waals surface area contributed by atoms with Crippen LogP contribution in [0.15, 0.2) is 0 Å². The molecule has 6 rings (SSSR count). The Hall–Kier alpha value is 1.29. The Bertz CT molecular complexity index is 604. The van der Waals surface area contributed by atoms with Gasteiger partial charge in [0.15, 0.2) is 0 Å². The molecule has 6 aliphatic rings. The van der Waals surface area contributed by atoms with E-state index in [9.17, 15) is 0 Å². The summed E-state index contributed by atoms with van der Waals surface area (Å²) in [5.41, 5.74) is 1.82. The van der Waals surface area contributed by atoms with Crippen LogP contribution in [0.3, 0.4) is 0 Å². The molecule has 0 saturated heterocycles. The monoisotopic (exact) mass is 464 g/mol. The first-order chi connectivity index (χ1) is 13.6. The van der Waals surface area contributed by atoms with Gasteiger partial charge in [0.2, 0.25) is 0 Å². The molecular weight excluding hydrogens is 431 g/mol. The Morgan fingerprint density at radius 3 is 1.76 bits per heavy atom. The van der Waals surface area contributed by atoms with Crippen molar-refractivity contribution in [3.63, 3.8) is 0 Å². The molecule has 6 saturated carbocycles. The number of rotatable bonds is 0. The average Bonchev–Trinajstić information content (AvgIpc) is 3.43. The molecule has 0 heterocycles. The van der Waals surface area contributed by atoms with Crippen molar-refractivity contribution in [2.24, 2.45) is 33.5 Å². The zero-order chi connectivity index (χ0) is 21.2. The Kier molecular flexibility index (Phi) is 6.43. The SMILES string of the molecule is CC12CCC([C]3[C]1[CH][C]1[C]3C3(C)CCC1C3(C)C)C2(C)C.[CH]1[CH][CH][CH][CH]1.[Cl][Ti][Cl]. The van der Waals surface area contributed by atoms with E-state index in [1.807, 2.05) is 43.9 Å². The van der Waals surface area contributed by atoms with Gasteiger partial charge in [-0.25, -0.2) is 0 Å². The Morgan fingerprint density at radius 2 is 1.21 bits per heavy atom. The van der Waals surface area contributed by atoms with Crippen LogP contribution >= 0.6 is 18.6 Å². The molecule has 0 aliphatic heterocycles. The van der Waals surface area contributed by atoms with Gasteiger partial charge in [-0.1, -0.05) is 41.5 Å². The van der Waals surface area contributed by atoms with Gasteiger partial charge < -0.3 is 0 Å². The molecule has 156 valence electrons. The summed E-state index contributed by atoms with van der Waals surface area (Å²) in [6.45, 7) is 15.3. The first-order valence-electron chi connectivity index (χ1n) is 11.1. The van der Waals surface area contributed by atoms with Crippen molar-refractivity contribution in [1.82, 2.24) is 0 Å². The molecule has 6 fully saturated rings. The molecule has 3 heteroatoms. The van der Waals surface area contributed by atoms with Gasteiger partial charge in [-0.3, -0.25) is 0 Å². The van der Waals surface area contributed by atoms with Gasteiger partial charge in [0, 0.05) is 0 Å². The van der Waals surface area contributed by atoms with Crippen molar-refractivity contribution in [3.05, 3.63) is 62.2 Å². The molecular formula is C26H34Cl2Ti. The third kappa shape index (κ3) is 3.07. The Morgan fingerprint density at radius 1 is 0.759 bits per heavy atom. The van der Waals surface area contributed by atoms with E-state index < -0.39 is 17.0 Å². The Balaban J connectivity index is 0.000000218. The fourth-order valence-corrected chi connectivity index (χ4v) is 7.60. The number of hydrogen-bond acceptors (Lipinski definition) is 0. The summed E-state index contributed by atoms with van der Waals surface area (Å²) in [5.74, 6) is 8.86. The van der Waals surface area contributed by atoms with Crippen LogP contribution in [0.25, 0.3) is 0 Å². The van der Waals surface area contributed by atoms with Gasteiger partial charge in [0.05, 0.1) is 0 Å². The topological polar surface area (TPSA) is 0 Å². The van der Waals surface area contributed by atoms with Gasteiger partial charge in [0.1, 0.15) is 0 Å². The van der Waals surface area contributed by atoms with Gasteiger partial charge in [-0.15, -0.1) is 0 Å². The molecule has 4 unspecified atom stereocenters. The summed E-state index contributed by atoms with van der Waals surface area (Å²) < 4.78 is 0. The van der Waals surface area contributed by atoms with E-state index in [0.29, 0.717) is 21.7 Å². The van der Waals surface area contributed by atoms with Crippen LogP contribution in [-0.4, -0.2) is 0 Å². The molecule has 0 aromatic heterocycles. The van der Waals surface area contributed by atoms with Gasteiger partial charge >= 0.3 is 35.6 Å². The second-order valence-electron chi connectivity index (χ2n) is 11.1. The molecule has 0 spiro atoms. The summed E-state index contributed by atoms with van der Waals surface area (Å²) in [4.78, 5) is 0. The third-order valence-electron chi connectivity index (χ3n) is 10.0.